The van der Waals surface area contributed by atoms with Gasteiger partial charge in [0.1, 0.15) is 35.6 Å². The number of benzene rings is 2. The molecule has 9 nitrogen and oxygen atoms in total. The lowest BCUT2D eigenvalue weighted by molar-refractivity contribution is -0.268. The third kappa shape index (κ3) is 3.03. The second-order valence-corrected chi connectivity index (χ2v) is 7.53. The van der Waals surface area contributed by atoms with Crippen LogP contribution >= 0.6 is 0 Å². The standard InChI is InChI=1S/C21H20O9/c1-7-3-10-14(12(22)4-7)18(26)15-11(17(10)25)5-9(6-13(15)23)30-21-20(28)19(27)16(24)8(2)29-21/h3-6,8,16,19-24,27-28H,1-2H3/t8-,16-,19-,20+,21+/m0/s1. The van der Waals surface area contributed by atoms with Gasteiger partial charge in [0.25, 0.3) is 0 Å². The van der Waals surface area contributed by atoms with E-state index >= 15 is 0 Å². The zero-order valence-corrected chi connectivity index (χ0v) is 16.1. The van der Waals surface area contributed by atoms with Crippen molar-refractivity contribution in [3.63, 3.8) is 0 Å². The molecule has 1 saturated heterocycles. The van der Waals surface area contributed by atoms with Crippen LogP contribution in [0.4, 0.5) is 0 Å². The van der Waals surface area contributed by atoms with E-state index < -0.39 is 48.0 Å². The number of ether oxygens (including phenoxy) is 2. The summed E-state index contributed by atoms with van der Waals surface area (Å²) >= 11 is 0. The summed E-state index contributed by atoms with van der Waals surface area (Å²) in [5.74, 6) is -2.29. The highest BCUT2D eigenvalue weighted by atomic mass is 16.7. The van der Waals surface area contributed by atoms with Crippen LogP contribution in [0.5, 0.6) is 17.2 Å². The molecule has 4 rings (SSSR count). The van der Waals surface area contributed by atoms with Crippen molar-refractivity contribution in [1.29, 1.82) is 0 Å². The van der Waals surface area contributed by atoms with Gasteiger partial charge in [0.05, 0.1) is 17.2 Å². The molecule has 0 bridgehead atoms. The van der Waals surface area contributed by atoms with Crippen LogP contribution in [0.3, 0.4) is 0 Å². The maximum Gasteiger partial charge on any atom is 0.229 e. The van der Waals surface area contributed by atoms with Crippen LogP contribution in [0.15, 0.2) is 24.3 Å². The van der Waals surface area contributed by atoms with Crippen molar-refractivity contribution in [1.82, 2.24) is 0 Å². The van der Waals surface area contributed by atoms with Crippen LogP contribution in [-0.4, -0.2) is 67.8 Å². The normalized spacial score (nSPS) is 28.1. The van der Waals surface area contributed by atoms with Crippen LogP contribution < -0.4 is 4.74 Å². The summed E-state index contributed by atoms with van der Waals surface area (Å²) in [4.78, 5) is 25.8. The van der Waals surface area contributed by atoms with E-state index in [1.165, 1.54) is 25.1 Å². The van der Waals surface area contributed by atoms with Crippen LogP contribution in [-0.2, 0) is 4.74 Å². The number of aryl methyl sites for hydroxylation is 1. The maximum absolute atomic E-state index is 13.0. The van der Waals surface area contributed by atoms with Gasteiger partial charge in [-0.05, 0) is 37.6 Å². The van der Waals surface area contributed by atoms with Gasteiger partial charge >= 0.3 is 0 Å². The lowest BCUT2D eigenvalue weighted by Crippen LogP contribution is -2.58. The van der Waals surface area contributed by atoms with Crippen molar-refractivity contribution in [2.24, 2.45) is 0 Å². The van der Waals surface area contributed by atoms with E-state index in [-0.39, 0.29) is 33.8 Å². The zero-order chi connectivity index (χ0) is 21.9. The average Bonchev–Trinajstić information content (AvgIpc) is 2.67. The fraction of sp³-hybridized carbons (Fsp3) is 0.333. The van der Waals surface area contributed by atoms with E-state index in [4.69, 9.17) is 9.47 Å². The molecule has 2 aromatic rings. The number of hydrogen-bond donors (Lipinski definition) is 5. The first-order valence-electron chi connectivity index (χ1n) is 9.26. The molecule has 2 aromatic carbocycles. The summed E-state index contributed by atoms with van der Waals surface area (Å²) in [5.41, 5.74) is -0.00573. The minimum absolute atomic E-state index is 0.00247. The van der Waals surface area contributed by atoms with Gasteiger partial charge in [-0.3, -0.25) is 9.59 Å². The summed E-state index contributed by atoms with van der Waals surface area (Å²) < 4.78 is 10.9. The van der Waals surface area contributed by atoms with E-state index in [2.05, 4.69) is 0 Å². The molecule has 30 heavy (non-hydrogen) atoms. The summed E-state index contributed by atoms with van der Waals surface area (Å²) in [6.07, 6.45) is -6.66. The Kier molecular flexibility index (Phi) is 4.78. The molecule has 0 unspecified atom stereocenters. The number of hydrogen-bond acceptors (Lipinski definition) is 9. The Bertz CT molecular complexity index is 1060. The quantitative estimate of drug-likeness (QED) is 0.399. The molecule has 2 aliphatic rings. The minimum Gasteiger partial charge on any atom is -0.507 e. The highest BCUT2D eigenvalue weighted by Crippen LogP contribution is 2.40. The van der Waals surface area contributed by atoms with Gasteiger partial charge in [0.2, 0.25) is 12.1 Å². The predicted molar refractivity (Wildman–Crippen MR) is 101 cm³/mol. The molecule has 0 aromatic heterocycles. The molecule has 0 saturated carbocycles. The van der Waals surface area contributed by atoms with Crippen LogP contribution in [0.2, 0.25) is 0 Å². The number of carbonyl (C=O) groups is 2. The summed E-state index contributed by atoms with van der Waals surface area (Å²) in [6.45, 7) is 3.14. The number of fused-ring (bicyclic) bond motifs is 2. The number of carbonyl (C=O) groups excluding carboxylic acids is 2. The molecule has 158 valence electrons. The highest BCUT2D eigenvalue weighted by Gasteiger charge is 2.43. The largest absolute Gasteiger partial charge is 0.507 e. The van der Waals surface area contributed by atoms with Crippen molar-refractivity contribution >= 4 is 11.6 Å². The SMILES string of the molecule is Cc1cc(O)c2c(c1)C(=O)c1cc(O[C@H]3O[C@@H](C)[C@H](O)[C@H](O)[C@H]3O)cc(O)c1C2=O. The first-order chi connectivity index (χ1) is 14.1. The molecule has 1 fully saturated rings. The van der Waals surface area contributed by atoms with Crippen LogP contribution in [0, 0.1) is 6.92 Å². The first kappa shape index (κ1) is 20.3. The number of aromatic hydroxyl groups is 2. The minimum atomic E-state index is -1.59. The molecule has 1 aliphatic carbocycles. The zero-order valence-electron chi connectivity index (χ0n) is 16.1. The van der Waals surface area contributed by atoms with Crippen LogP contribution in [0.25, 0.3) is 0 Å². The molecule has 1 heterocycles. The third-order valence-electron chi connectivity index (χ3n) is 5.36. The number of rotatable bonds is 2. The lowest BCUT2D eigenvalue weighted by Gasteiger charge is -2.39. The summed E-state index contributed by atoms with van der Waals surface area (Å²) in [7, 11) is 0. The molecule has 0 amide bonds. The van der Waals surface area contributed by atoms with Gasteiger partial charge in [0, 0.05) is 17.2 Å². The monoisotopic (exact) mass is 416 g/mol. The number of phenolic OH excluding ortho intramolecular Hbond substituents is 2. The summed E-state index contributed by atoms with van der Waals surface area (Å²) in [5, 5.41) is 50.4. The van der Waals surface area contributed by atoms with E-state index in [1.54, 1.807) is 6.92 Å². The topological polar surface area (TPSA) is 154 Å². The Morgan fingerprint density at radius 3 is 2.10 bits per heavy atom. The van der Waals surface area contributed by atoms with Crippen LogP contribution in [0.1, 0.15) is 44.3 Å². The number of ketones is 2. The van der Waals surface area contributed by atoms with Gasteiger partial charge in [0.15, 0.2) is 5.78 Å². The highest BCUT2D eigenvalue weighted by molar-refractivity contribution is 6.30. The molecule has 5 N–H and O–H groups in total. The average molecular weight is 416 g/mol. The Balaban J connectivity index is 1.73. The smallest absolute Gasteiger partial charge is 0.229 e. The lowest BCUT2D eigenvalue weighted by atomic mass is 9.82. The Hall–Kier alpha value is -2.98. The van der Waals surface area contributed by atoms with E-state index in [0.29, 0.717) is 5.56 Å². The van der Waals surface area contributed by atoms with Crippen molar-refractivity contribution in [2.45, 2.75) is 44.6 Å². The second kappa shape index (κ2) is 7.06. The second-order valence-electron chi connectivity index (χ2n) is 7.53. The van der Waals surface area contributed by atoms with Gasteiger partial charge < -0.3 is 35.0 Å². The van der Waals surface area contributed by atoms with Crippen molar-refractivity contribution < 1.29 is 44.6 Å². The van der Waals surface area contributed by atoms with E-state index in [1.807, 2.05) is 0 Å². The van der Waals surface area contributed by atoms with Crippen molar-refractivity contribution in [3.05, 3.63) is 52.1 Å². The van der Waals surface area contributed by atoms with Gasteiger partial charge in [-0.25, -0.2) is 0 Å². The predicted octanol–water partition coefficient (Wildman–Crippen LogP) is 0.388. The van der Waals surface area contributed by atoms with Crippen molar-refractivity contribution in [2.75, 3.05) is 0 Å². The van der Waals surface area contributed by atoms with E-state index in [0.717, 1.165) is 6.07 Å². The molecular formula is C21H20O9. The number of aliphatic hydroxyl groups is 3. The molecule has 0 spiro atoms. The molecule has 5 atom stereocenters. The first-order valence-corrected chi connectivity index (χ1v) is 9.26. The van der Waals surface area contributed by atoms with E-state index in [9.17, 15) is 35.1 Å². The van der Waals surface area contributed by atoms with Gasteiger partial charge in [-0.2, -0.15) is 0 Å². The van der Waals surface area contributed by atoms with Gasteiger partial charge in [-0.1, -0.05) is 0 Å². The fourth-order valence-corrected chi connectivity index (χ4v) is 3.79. The fourth-order valence-electron chi connectivity index (χ4n) is 3.79. The van der Waals surface area contributed by atoms with Crippen molar-refractivity contribution in [3.8, 4) is 17.2 Å². The third-order valence-corrected chi connectivity index (χ3v) is 5.36. The Morgan fingerprint density at radius 2 is 1.43 bits per heavy atom. The number of aliphatic hydroxyl groups excluding tert-OH is 3. The molecule has 0 radical (unpaired) electrons. The van der Waals surface area contributed by atoms with Gasteiger partial charge in [-0.15, -0.1) is 0 Å². The Morgan fingerprint density at radius 1 is 0.833 bits per heavy atom. The Labute approximate surface area is 170 Å². The summed E-state index contributed by atoms with van der Waals surface area (Å²) in [6, 6.07) is 5.11. The molecule has 9 heteroatoms. The maximum atomic E-state index is 13.0. The molecule has 1 aliphatic heterocycles. The molecular weight excluding hydrogens is 396 g/mol. The number of phenols is 2.